The van der Waals surface area contributed by atoms with E-state index in [9.17, 15) is 22.8 Å². The zero-order valence-corrected chi connectivity index (χ0v) is 12.4. The Labute approximate surface area is 134 Å². The minimum Gasteiger partial charge on any atom is -0.322 e. The number of nitrogens with one attached hydrogen (secondary N) is 1. The van der Waals surface area contributed by atoms with Gasteiger partial charge in [0.1, 0.15) is 5.82 Å². The summed E-state index contributed by atoms with van der Waals surface area (Å²) < 4.78 is 40.7. The third-order valence-corrected chi connectivity index (χ3v) is 3.53. The highest BCUT2D eigenvalue weighted by Gasteiger charge is 2.18. The summed E-state index contributed by atoms with van der Waals surface area (Å²) >= 11 is 0. The second kappa shape index (κ2) is 5.84. The minimum absolute atomic E-state index is 0.0599. The number of hydrogen-bond acceptors (Lipinski definition) is 2. The number of amides is 1. The molecule has 0 unspecified atom stereocenters. The first kappa shape index (κ1) is 15.8. The summed E-state index contributed by atoms with van der Waals surface area (Å²) in [6, 6.07) is 6.63. The number of carbonyl (C=O) groups excluding carboxylic acids is 2. The van der Waals surface area contributed by atoms with Crippen molar-refractivity contribution in [1.29, 1.82) is 0 Å². The van der Waals surface area contributed by atoms with Crippen molar-refractivity contribution in [2.24, 2.45) is 0 Å². The molecule has 3 rings (SSSR count). The molecule has 1 amide bonds. The van der Waals surface area contributed by atoms with Crippen LogP contribution in [0.3, 0.4) is 0 Å². The van der Waals surface area contributed by atoms with Crippen LogP contribution in [0.25, 0.3) is 10.9 Å². The Morgan fingerprint density at radius 2 is 1.75 bits per heavy atom. The van der Waals surface area contributed by atoms with Gasteiger partial charge in [0.2, 0.25) is 5.91 Å². The molecule has 0 bridgehead atoms. The van der Waals surface area contributed by atoms with Crippen LogP contribution < -0.4 is 5.32 Å². The highest BCUT2D eigenvalue weighted by Crippen LogP contribution is 2.24. The van der Waals surface area contributed by atoms with Crippen molar-refractivity contribution in [2.45, 2.75) is 6.92 Å². The van der Waals surface area contributed by atoms with Crippen molar-refractivity contribution in [3.63, 3.8) is 0 Å². The maximum Gasteiger partial charge on any atom is 0.257 e. The first-order chi connectivity index (χ1) is 11.4. The fourth-order valence-corrected chi connectivity index (χ4v) is 2.41. The molecule has 0 aliphatic rings. The second-order valence-corrected chi connectivity index (χ2v) is 5.18. The van der Waals surface area contributed by atoms with E-state index in [-0.39, 0.29) is 16.8 Å². The van der Waals surface area contributed by atoms with Crippen LogP contribution >= 0.6 is 0 Å². The van der Waals surface area contributed by atoms with E-state index >= 15 is 0 Å². The third-order valence-electron chi connectivity index (χ3n) is 3.53. The summed E-state index contributed by atoms with van der Waals surface area (Å²) in [6.07, 6.45) is 1.28. The van der Waals surface area contributed by atoms with Crippen LogP contribution in [0.2, 0.25) is 0 Å². The molecule has 0 radical (unpaired) electrons. The number of benzene rings is 2. The molecule has 0 aliphatic heterocycles. The van der Waals surface area contributed by atoms with E-state index in [0.29, 0.717) is 5.39 Å². The van der Waals surface area contributed by atoms with Gasteiger partial charge >= 0.3 is 0 Å². The number of anilines is 1. The molecule has 0 aliphatic carbocycles. The van der Waals surface area contributed by atoms with Gasteiger partial charge in [-0.05, 0) is 30.3 Å². The maximum absolute atomic E-state index is 13.4. The molecule has 2 aromatic carbocycles. The molecule has 7 heteroatoms. The lowest BCUT2D eigenvalue weighted by Crippen LogP contribution is -2.12. The van der Waals surface area contributed by atoms with Crippen LogP contribution in [-0.2, 0) is 0 Å². The van der Waals surface area contributed by atoms with Crippen molar-refractivity contribution in [3.8, 4) is 0 Å². The normalized spacial score (nSPS) is 10.8. The zero-order chi connectivity index (χ0) is 17.4. The number of halogens is 3. The van der Waals surface area contributed by atoms with Crippen molar-refractivity contribution in [2.75, 3.05) is 5.32 Å². The molecule has 0 saturated carbocycles. The Kier molecular flexibility index (Phi) is 3.84. The molecule has 24 heavy (non-hydrogen) atoms. The van der Waals surface area contributed by atoms with Crippen LogP contribution in [0.15, 0.2) is 42.6 Å². The molecule has 1 N–H and O–H groups in total. The average Bonchev–Trinajstić information content (AvgIpc) is 2.90. The Bertz CT molecular complexity index is 979. The van der Waals surface area contributed by atoms with E-state index < -0.39 is 29.3 Å². The zero-order valence-electron chi connectivity index (χ0n) is 12.4. The molecular weight excluding hydrogens is 321 g/mol. The standard InChI is InChI=1S/C17H11F3N2O2/c1-9(23)22-8-13(12-4-2-10(18)6-16(12)22)17(24)21-11-3-5-14(19)15(20)7-11/h2-8H,1H3,(H,21,24). The molecule has 0 fully saturated rings. The van der Waals surface area contributed by atoms with Gasteiger partial charge in [0.25, 0.3) is 5.91 Å². The monoisotopic (exact) mass is 332 g/mol. The topological polar surface area (TPSA) is 51.1 Å². The van der Waals surface area contributed by atoms with E-state index in [1.807, 2.05) is 0 Å². The lowest BCUT2D eigenvalue weighted by molar-refractivity contribution is 0.0941. The summed E-state index contributed by atoms with van der Waals surface area (Å²) in [7, 11) is 0. The van der Waals surface area contributed by atoms with Gasteiger partial charge in [0, 0.05) is 30.3 Å². The Balaban J connectivity index is 2.03. The third kappa shape index (κ3) is 2.76. The van der Waals surface area contributed by atoms with Gasteiger partial charge in [-0.25, -0.2) is 13.2 Å². The lowest BCUT2D eigenvalue weighted by atomic mass is 10.1. The van der Waals surface area contributed by atoms with E-state index in [2.05, 4.69) is 5.32 Å². The first-order valence-electron chi connectivity index (χ1n) is 6.95. The van der Waals surface area contributed by atoms with Gasteiger partial charge in [-0.2, -0.15) is 0 Å². The van der Waals surface area contributed by atoms with Crippen LogP contribution in [0.1, 0.15) is 22.1 Å². The van der Waals surface area contributed by atoms with Crippen molar-refractivity contribution >= 4 is 28.4 Å². The fourth-order valence-electron chi connectivity index (χ4n) is 2.41. The number of rotatable bonds is 2. The summed E-state index contributed by atoms with van der Waals surface area (Å²) in [4.78, 5) is 24.1. The van der Waals surface area contributed by atoms with Crippen molar-refractivity contribution < 1.29 is 22.8 Å². The number of aromatic nitrogens is 1. The predicted octanol–water partition coefficient (Wildman–Crippen LogP) is 3.97. The molecule has 4 nitrogen and oxygen atoms in total. The van der Waals surface area contributed by atoms with Crippen LogP contribution in [0, 0.1) is 17.5 Å². The second-order valence-electron chi connectivity index (χ2n) is 5.18. The van der Waals surface area contributed by atoms with Gasteiger partial charge in [0.05, 0.1) is 11.1 Å². The molecule has 1 heterocycles. The van der Waals surface area contributed by atoms with Gasteiger partial charge in [-0.15, -0.1) is 0 Å². The van der Waals surface area contributed by atoms with Gasteiger partial charge in [-0.3, -0.25) is 14.2 Å². The van der Waals surface area contributed by atoms with E-state index in [0.717, 1.165) is 22.8 Å². The van der Waals surface area contributed by atoms with Gasteiger partial charge < -0.3 is 5.32 Å². The van der Waals surface area contributed by atoms with Crippen molar-refractivity contribution in [3.05, 3.63) is 65.6 Å². The molecule has 3 aromatic rings. The molecule has 0 spiro atoms. The maximum atomic E-state index is 13.4. The fraction of sp³-hybridized carbons (Fsp3) is 0.0588. The van der Waals surface area contributed by atoms with Crippen molar-refractivity contribution in [1.82, 2.24) is 4.57 Å². The van der Waals surface area contributed by atoms with E-state index in [1.165, 1.54) is 31.3 Å². The van der Waals surface area contributed by atoms with E-state index in [4.69, 9.17) is 0 Å². The summed E-state index contributed by atoms with van der Waals surface area (Å²) in [5.74, 6) is -3.69. The Hall–Kier alpha value is -3.09. The van der Waals surface area contributed by atoms with Gasteiger partial charge in [0.15, 0.2) is 11.6 Å². The lowest BCUT2D eigenvalue weighted by Gasteiger charge is -2.04. The number of fused-ring (bicyclic) bond motifs is 1. The Morgan fingerprint density at radius 1 is 1.00 bits per heavy atom. The summed E-state index contributed by atoms with van der Waals surface area (Å²) in [6.45, 7) is 1.28. The quantitative estimate of drug-likeness (QED) is 0.772. The van der Waals surface area contributed by atoms with Crippen LogP contribution in [0.4, 0.5) is 18.9 Å². The molecular formula is C17H11F3N2O2. The first-order valence-corrected chi connectivity index (χ1v) is 6.95. The highest BCUT2D eigenvalue weighted by molar-refractivity contribution is 6.14. The minimum atomic E-state index is -1.10. The van der Waals surface area contributed by atoms with Gasteiger partial charge in [-0.1, -0.05) is 0 Å². The molecule has 122 valence electrons. The number of hydrogen-bond donors (Lipinski definition) is 1. The average molecular weight is 332 g/mol. The smallest absolute Gasteiger partial charge is 0.257 e. The highest BCUT2D eigenvalue weighted by atomic mass is 19.2. The van der Waals surface area contributed by atoms with Crippen LogP contribution in [-0.4, -0.2) is 16.4 Å². The molecule has 1 aromatic heterocycles. The summed E-state index contributed by atoms with van der Waals surface area (Å²) in [5.41, 5.74) is 0.424. The van der Waals surface area contributed by atoms with E-state index in [1.54, 1.807) is 0 Å². The SMILES string of the molecule is CC(=O)n1cc(C(=O)Nc2ccc(F)c(F)c2)c2ccc(F)cc21. The predicted molar refractivity (Wildman–Crippen MR) is 82.5 cm³/mol. The molecule has 0 saturated heterocycles. The largest absolute Gasteiger partial charge is 0.322 e. The Morgan fingerprint density at radius 3 is 2.42 bits per heavy atom. The number of nitrogens with zero attached hydrogens (tertiary/aromatic N) is 1. The van der Waals surface area contributed by atoms with Crippen LogP contribution in [0.5, 0.6) is 0 Å². The number of carbonyl (C=O) groups is 2. The molecule has 0 atom stereocenters. The summed E-state index contributed by atoms with van der Waals surface area (Å²) in [5, 5.41) is 2.79.